The fourth-order valence-corrected chi connectivity index (χ4v) is 5.12. The molecular formula is C29H39N3O2. The third kappa shape index (κ3) is 5.37. The van der Waals surface area contributed by atoms with Gasteiger partial charge < -0.3 is 14.4 Å². The van der Waals surface area contributed by atoms with Crippen LogP contribution in [0.3, 0.4) is 0 Å². The molecule has 2 heterocycles. The van der Waals surface area contributed by atoms with E-state index >= 15 is 0 Å². The smallest absolute Gasteiger partial charge is 0.119 e. The molecule has 5 nitrogen and oxygen atoms in total. The quantitative estimate of drug-likeness (QED) is 0.536. The lowest BCUT2D eigenvalue weighted by Crippen LogP contribution is -2.19. The van der Waals surface area contributed by atoms with Crippen LogP contribution in [0.15, 0.2) is 54.1 Å². The maximum atomic E-state index is 5.71. The first kappa shape index (κ1) is 24.5. The molecule has 2 aromatic rings. The Labute approximate surface area is 204 Å². The van der Waals surface area contributed by atoms with Gasteiger partial charge in [0.2, 0.25) is 0 Å². The summed E-state index contributed by atoms with van der Waals surface area (Å²) in [4.78, 5) is 2.57. The van der Waals surface area contributed by atoms with Gasteiger partial charge in [0.1, 0.15) is 5.75 Å². The Balaban J connectivity index is 0.000000257. The van der Waals surface area contributed by atoms with Crippen LogP contribution in [-0.2, 0) is 11.2 Å². The minimum atomic E-state index is 0.0256. The first-order chi connectivity index (χ1) is 16.7. The van der Waals surface area contributed by atoms with E-state index in [1.165, 1.54) is 67.7 Å². The molecule has 0 spiro atoms. The summed E-state index contributed by atoms with van der Waals surface area (Å²) in [5.74, 6) is 0.847. The van der Waals surface area contributed by atoms with Crippen LogP contribution in [0, 0.1) is 6.92 Å². The highest BCUT2D eigenvalue weighted by atomic mass is 16.5. The predicted molar refractivity (Wildman–Crippen MR) is 140 cm³/mol. The molecule has 1 unspecified atom stereocenters. The van der Waals surface area contributed by atoms with Gasteiger partial charge in [-0.25, -0.2) is 4.68 Å². The van der Waals surface area contributed by atoms with Crippen molar-refractivity contribution in [3.8, 4) is 11.4 Å². The summed E-state index contributed by atoms with van der Waals surface area (Å²) in [7, 11) is 3.45. The second-order valence-electron chi connectivity index (χ2n) is 9.26. The highest BCUT2D eigenvalue weighted by molar-refractivity contribution is 5.81. The molecule has 0 saturated carbocycles. The summed E-state index contributed by atoms with van der Waals surface area (Å²) in [6.45, 7) is 8.42. The van der Waals surface area contributed by atoms with Gasteiger partial charge in [0.25, 0.3) is 0 Å². The van der Waals surface area contributed by atoms with E-state index in [0.29, 0.717) is 0 Å². The SMILES string of the molecule is CCCCN1CCCC1.COc1ccc(-n2nc(C)c3c2C2=C(CC3)C(OC)C=CC=C2)cc1. The second kappa shape index (κ2) is 11.7. The Hall–Kier alpha value is -2.63. The zero-order valence-corrected chi connectivity index (χ0v) is 21.2. The van der Waals surface area contributed by atoms with Crippen molar-refractivity contribution in [2.75, 3.05) is 33.9 Å². The van der Waals surface area contributed by atoms with Crippen LogP contribution in [-0.4, -0.2) is 54.6 Å². The van der Waals surface area contributed by atoms with Gasteiger partial charge in [-0.1, -0.05) is 37.6 Å². The van der Waals surface area contributed by atoms with E-state index < -0.39 is 0 Å². The Bertz CT molecular complexity index is 1040. The number of nitrogens with zero attached hydrogens (tertiary/aromatic N) is 3. The zero-order chi connectivity index (χ0) is 23.9. The van der Waals surface area contributed by atoms with Crippen LogP contribution in [0.5, 0.6) is 5.75 Å². The Morgan fingerprint density at radius 3 is 2.47 bits per heavy atom. The van der Waals surface area contributed by atoms with Crippen molar-refractivity contribution in [3.05, 3.63) is 71.1 Å². The van der Waals surface area contributed by atoms with Crippen molar-refractivity contribution in [2.24, 2.45) is 0 Å². The molecule has 3 aliphatic rings. The highest BCUT2D eigenvalue weighted by Gasteiger charge is 2.28. The maximum Gasteiger partial charge on any atom is 0.119 e. The molecule has 5 heteroatoms. The second-order valence-corrected chi connectivity index (χ2v) is 9.26. The molecule has 5 rings (SSSR count). The topological polar surface area (TPSA) is 39.5 Å². The van der Waals surface area contributed by atoms with Gasteiger partial charge >= 0.3 is 0 Å². The number of aromatic nitrogens is 2. The number of likely N-dealkylation sites (tertiary alicyclic amines) is 1. The number of ether oxygens (including phenoxy) is 2. The normalized spacial score (nSPS) is 19.4. The summed E-state index contributed by atoms with van der Waals surface area (Å²) in [5.41, 5.74) is 7.21. The Morgan fingerprint density at radius 2 is 1.79 bits per heavy atom. The van der Waals surface area contributed by atoms with Gasteiger partial charge in [0.15, 0.2) is 0 Å². The molecule has 0 N–H and O–H groups in total. The molecule has 1 fully saturated rings. The largest absolute Gasteiger partial charge is 0.497 e. The molecule has 0 bridgehead atoms. The Kier molecular flexibility index (Phi) is 8.41. The minimum Gasteiger partial charge on any atom is -0.497 e. The van der Waals surface area contributed by atoms with Crippen LogP contribution in [0.4, 0.5) is 0 Å². The first-order valence-corrected chi connectivity index (χ1v) is 12.7. The molecule has 1 aliphatic heterocycles. The van der Waals surface area contributed by atoms with Crippen LogP contribution >= 0.6 is 0 Å². The van der Waals surface area contributed by atoms with Gasteiger partial charge in [-0.15, -0.1) is 0 Å². The molecule has 1 aromatic heterocycles. The van der Waals surface area contributed by atoms with Gasteiger partial charge in [-0.2, -0.15) is 5.10 Å². The molecule has 1 atom stereocenters. The average molecular weight is 462 g/mol. The number of aryl methyl sites for hydroxylation is 1. The fourth-order valence-electron chi connectivity index (χ4n) is 5.12. The average Bonchev–Trinajstić information content (AvgIpc) is 3.45. The molecule has 0 amide bonds. The van der Waals surface area contributed by atoms with Crippen LogP contribution in [0.1, 0.15) is 56.0 Å². The number of hydrogen-bond acceptors (Lipinski definition) is 4. The lowest BCUT2D eigenvalue weighted by molar-refractivity contribution is 0.166. The summed E-state index contributed by atoms with van der Waals surface area (Å²) in [6.07, 6.45) is 16.1. The van der Waals surface area contributed by atoms with Crippen molar-refractivity contribution in [2.45, 2.75) is 58.5 Å². The van der Waals surface area contributed by atoms with E-state index in [0.717, 1.165) is 30.0 Å². The number of hydrogen-bond donors (Lipinski definition) is 0. The monoisotopic (exact) mass is 461 g/mol. The third-order valence-electron chi connectivity index (χ3n) is 7.03. The standard InChI is InChI=1S/C21H22N2O2.C8H17N/c1-14-17-12-13-18-19(6-4-5-7-20(18)25-3)21(17)23(22-14)15-8-10-16(24-2)11-9-15;1-2-3-6-9-7-4-5-8-9/h4-11,20H,12-13H2,1-3H3;2-8H2,1H3. The summed E-state index contributed by atoms with van der Waals surface area (Å²) >= 11 is 0. The van der Waals surface area contributed by atoms with Crippen molar-refractivity contribution in [1.29, 1.82) is 0 Å². The molecule has 182 valence electrons. The van der Waals surface area contributed by atoms with Crippen LogP contribution in [0.2, 0.25) is 0 Å². The number of methoxy groups -OCH3 is 2. The molecule has 0 radical (unpaired) electrons. The third-order valence-corrected chi connectivity index (χ3v) is 7.03. The van der Waals surface area contributed by atoms with Crippen molar-refractivity contribution < 1.29 is 9.47 Å². The number of benzene rings is 1. The summed E-state index contributed by atoms with van der Waals surface area (Å²) in [6, 6.07) is 8.04. The van der Waals surface area contributed by atoms with E-state index in [1.54, 1.807) is 14.2 Å². The van der Waals surface area contributed by atoms with Crippen molar-refractivity contribution in [3.63, 3.8) is 0 Å². The number of rotatable bonds is 6. The summed E-state index contributed by atoms with van der Waals surface area (Å²) < 4.78 is 13.0. The van der Waals surface area contributed by atoms with Crippen LogP contribution in [0.25, 0.3) is 11.3 Å². The van der Waals surface area contributed by atoms with E-state index in [1.807, 2.05) is 24.3 Å². The fraction of sp³-hybridized carbons (Fsp3) is 0.483. The van der Waals surface area contributed by atoms with Gasteiger partial charge in [0, 0.05) is 18.2 Å². The van der Waals surface area contributed by atoms with Gasteiger partial charge in [-0.05, 0) is 88.5 Å². The highest BCUT2D eigenvalue weighted by Crippen LogP contribution is 2.38. The predicted octanol–water partition coefficient (Wildman–Crippen LogP) is 5.91. The van der Waals surface area contributed by atoms with E-state index in [9.17, 15) is 0 Å². The first-order valence-electron chi connectivity index (χ1n) is 12.7. The zero-order valence-electron chi connectivity index (χ0n) is 21.2. The molecular weight excluding hydrogens is 422 g/mol. The van der Waals surface area contributed by atoms with Crippen LogP contribution < -0.4 is 4.74 Å². The Morgan fingerprint density at radius 1 is 1.03 bits per heavy atom. The van der Waals surface area contributed by atoms with E-state index in [2.05, 4.69) is 47.7 Å². The molecule has 1 saturated heterocycles. The number of unbranched alkanes of at least 4 members (excludes halogenated alkanes) is 1. The summed E-state index contributed by atoms with van der Waals surface area (Å²) in [5, 5.41) is 4.84. The maximum absolute atomic E-state index is 5.71. The van der Waals surface area contributed by atoms with Gasteiger partial charge in [0.05, 0.1) is 30.3 Å². The lowest BCUT2D eigenvalue weighted by atomic mass is 9.86. The minimum absolute atomic E-state index is 0.0256. The van der Waals surface area contributed by atoms with E-state index in [-0.39, 0.29) is 6.10 Å². The lowest BCUT2D eigenvalue weighted by Gasteiger charge is -2.24. The molecule has 2 aliphatic carbocycles. The van der Waals surface area contributed by atoms with Crippen molar-refractivity contribution in [1.82, 2.24) is 14.7 Å². The van der Waals surface area contributed by atoms with Crippen molar-refractivity contribution >= 4 is 5.57 Å². The molecule has 34 heavy (non-hydrogen) atoms. The van der Waals surface area contributed by atoms with Gasteiger partial charge in [-0.3, -0.25) is 0 Å². The van der Waals surface area contributed by atoms with E-state index in [4.69, 9.17) is 14.6 Å². The molecule has 1 aromatic carbocycles. The number of allylic oxidation sites excluding steroid dienone is 4. The number of fused-ring (bicyclic) bond motifs is 2.